The minimum absolute atomic E-state index is 0.0925. The van der Waals surface area contributed by atoms with E-state index in [0.29, 0.717) is 11.6 Å². The predicted molar refractivity (Wildman–Crippen MR) is 68.3 cm³/mol. The first-order valence-corrected chi connectivity index (χ1v) is 5.55. The molecule has 0 aliphatic carbocycles. The monoisotopic (exact) mass is 269 g/mol. The standard InChI is InChI=1S/C11H9Cl2N3O/c1-17-8-5-3-2-4-7(8)14-10-6-9(12)15-11(13)16-10/h2-6H,1H3,(H,14,15,16). The van der Waals surface area contributed by atoms with Gasteiger partial charge in [-0.1, -0.05) is 23.7 Å². The maximum Gasteiger partial charge on any atom is 0.225 e. The van der Waals surface area contributed by atoms with E-state index in [1.54, 1.807) is 13.2 Å². The Balaban J connectivity index is 2.31. The Morgan fingerprint density at radius 1 is 1.18 bits per heavy atom. The molecule has 4 nitrogen and oxygen atoms in total. The summed E-state index contributed by atoms with van der Waals surface area (Å²) < 4.78 is 5.21. The number of aromatic nitrogens is 2. The summed E-state index contributed by atoms with van der Waals surface area (Å²) in [5, 5.41) is 3.43. The van der Waals surface area contributed by atoms with Crippen molar-refractivity contribution < 1.29 is 4.74 Å². The fourth-order valence-electron chi connectivity index (χ4n) is 1.34. The molecule has 1 aromatic carbocycles. The highest BCUT2D eigenvalue weighted by molar-refractivity contribution is 6.32. The van der Waals surface area contributed by atoms with Gasteiger partial charge in [0.25, 0.3) is 0 Å². The van der Waals surface area contributed by atoms with E-state index in [2.05, 4.69) is 15.3 Å². The number of anilines is 2. The number of nitrogens with zero attached hydrogens (tertiary/aromatic N) is 2. The van der Waals surface area contributed by atoms with Crippen molar-refractivity contribution in [2.75, 3.05) is 12.4 Å². The molecule has 1 N–H and O–H groups in total. The lowest BCUT2D eigenvalue weighted by molar-refractivity contribution is 0.417. The first kappa shape index (κ1) is 12.0. The van der Waals surface area contributed by atoms with E-state index in [9.17, 15) is 0 Å². The lowest BCUT2D eigenvalue weighted by atomic mass is 10.3. The van der Waals surface area contributed by atoms with Gasteiger partial charge in [0.15, 0.2) is 0 Å². The second-order valence-corrected chi connectivity index (χ2v) is 3.90. The molecule has 0 atom stereocenters. The van der Waals surface area contributed by atoms with Gasteiger partial charge < -0.3 is 10.1 Å². The summed E-state index contributed by atoms with van der Waals surface area (Å²) >= 11 is 11.5. The van der Waals surface area contributed by atoms with E-state index >= 15 is 0 Å². The molecule has 2 aromatic rings. The second-order valence-electron chi connectivity index (χ2n) is 3.17. The second kappa shape index (κ2) is 5.21. The summed E-state index contributed by atoms with van der Waals surface area (Å²) in [7, 11) is 1.60. The van der Waals surface area contributed by atoms with Crippen molar-refractivity contribution in [3.8, 4) is 5.75 Å². The highest BCUT2D eigenvalue weighted by atomic mass is 35.5. The molecule has 0 saturated heterocycles. The molecule has 0 fully saturated rings. The minimum Gasteiger partial charge on any atom is -0.495 e. The zero-order chi connectivity index (χ0) is 12.3. The summed E-state index contributed by atoms with van der Waals surface area (Å²) in [6, 6.07) is 9.05. The Kier molecular flexibility index (Phi) is 3.66. The third-order valence-electron chi connectivity index (χ3n) is 2.04. The van der Waals surface area contributed by atoms with Crippen LogP contribution in [0.1, 0.15) is 0 Å². The third kappa shape index (κ3) is 2.99. The van der Waals surface area contributed by atoms with Crippen LogP contribution < -0.4 is 10.1 Å². The first-order valence-electron chi connectivity index (χ1n) is 4.79. The number of halogens is 2. The van der Waals surface area contributed by atoms with Crippen LogP contribution in [0, 0.1) is 0 Å². The van der Waals surface area contributed by atoms with Gasteiger partial charge in [-0.2, -0.15) is 0 Å². The van der Waals surface area contributed by atoms with Crippen molar-refractivity contribution in [3.63, 3.8) is 0 Å². The smallest absolute Gasteiger partial charge is 0.225 e. The van der Waals surface area contributed by atoms with Gasteiger partial charge in [-0.3, -0.25) is 0 Å². The van der Waals surface area contributed by atoms with Crippen LogP contribution in [-0.4, -0.2) is 17.1 Å². The average Bonchev–Trinajstić information content (AvgIpc) is 2.28. The van der Waals surface area contributed by atoms with Gasteiger partial charge >= 0.3 is 0 Å². The Labute approximate surface area is 109 Å². The van der Waals surface area contributed by atoms with E-state index in [1.807, 2.05) is 24.3 Å². The Hall–Kier alpha value is -1.52. The molecule has 0 saturated carbocycles. The van der Waals surface area contributed by atoms with Crippen molar-refractivity contribution >= 4 is 34.7 Å². The Morgan fingerprint density at radius 2 is 1.94 bits per heavy atom. The molecule has 0 amide bonds. The first-order chi connectivity index (χ1) is 8.19. The molecular weight excluding hydrogens is 261 g/mol. The van der Waals surface area contributed by atoms with Crippen LogP contribution in [0.2, 0.25) is 10.4 Å². The van der Waals surface area contributed by atoms with Crippen molar-refractivity contribution in [2.45, 2.75) is 0 Å². The summed E-state index contributed by atoms with van der Waals surface area (Å²) in [6.45, 7) is 0. The van der Waals surface area contributed by atoms with Gasteiger partial charge in [0, 0.05) is 6.07 Å². The number of rotatable bonds is 3. The van der Waals surface area contributed by atoms with E-state index < -0.39 is 0 Å². The highest BCUT2D eigenvalue weighted by Crippen LogP contribution is 2.27. The number of methoxy groups -OCH3 is 1. The number of hydrogen-bond acceptors (Lipinski definition) is 4. The van der Waals surface area contributed by atoms with Gasteiger partial charge in [0.1, 0.15) is 16.7 Å². The lowest BCUT2D eigenvalue weighted by Crippen LogP contribution is -1.97. The topological polar surface area (TPSA) is 47.0 Å². The molecule has 0 bridgehead atoms. The van der Waals surface area contributed by atoms with Gasteiger partial charge in [0.05, 0.1) is 12.8 Å². The lowest BCUT2D eigenvalue weighted by Gasteiger charge is -2.10. The normalized spacial score (nSPS) is 10.1. The molecule has 0 radical (unpaired) electrons. The number of hydrogen-bond donors (Lipinski definition) is 1. The summed E-state index contributed by atoms with van der Waals surface area (Å²) in [6.07, 6.45) is 0. The van der Waals surface area contributed by atoms with E-state index in [1.165, 1.54) is 0 Å². The molecule has 6 heteroatoms. The van der Waals surface area contributed by atoms with Crippen molar-refractivity contribution in [1.82, 2.24) is 9.97 Å². The van der Waals surface area contributed by atoms with Crippen LogP contribution in [-0.2, 0) is 0 Å². The third-order valence-corrected chi connectivity index (χ3v) is 2.40. The van der Waals surface area contributed by atoms with E-state index in [-0.39, 0.29) is 10.4 Å². The van der Waals surface area contributed by atoms with Crippen LogP contribution in [0.5, 0.6) is 5.75 Å². The molecule has 0 spiro atoms. The number of nitrogens with one attached hydrogen (secondary N) is 1. The van der Waals surface area contributed by atoms with Crippen LogP contribution in [0.25, 0.3) is 0 Å². The van der Waals surface area contributed by atoms with Crippen molar-refractivity contribution in [1.29, 1.82) is 0 Å². The van der Waals surface area contributed by atoms with Crippen LogP contribution in [0.3, 0.4) is 0 Å². The fourth-order valence-corrected chi connectivity index (χ4v) is 1.75. The average molecular weight is 270 g/mol. The molecule has 0 aliphatic rings. The maximum atomic E-state index is 5.78. The maximum absolute atomic E-state index is 5.78. The van der Waals surface area contributed by atoms with E-state index in [4.69, 9.17) is 27.9 Å². The molecule has 1 aromatic heterocycles. The van der Waals surface area contributed by atoms with Crippen LogP contribution >= 0.6 is 23.2 Å². The van der Waals surface area contributed by atoms with E-state index in [0.717, 1.165) is 5.69 Å². The Morgan fingerprint density at radius 3 is 2.65 bits per heavy atom. The number of ether oxygens (including phenoxy) is 1. The Bertz CT molecular complexity index is 514. The predicted octanol–water partition coefficient (Wildman–Crippen LogP) is 3.54. The van der Waals surface area contributed by atoms with Gasteiger partial charge in [-0.05, 0) is 23.7 Å². The zero-order valence-corrected chi connectivity index (χ0v) is 10.5. The van der Waals surface area contributed by atoms with Gasteiger partial charge in [0.2, 0.25) is 5.28 Å². The largest absolute Gasteiger partial charge is 0.495 e. The fraction of sp³-hybridized carbons (Fsp3) is 0.0909. The molecule has 88 valence electrons. The summed E-state index contributed by atoms with van der Waals surface area (Å²) in [4.78, 5) is 7.77. The molecule has 17 heavy (non-hydrogen) atoms. The quantitative estimate of drug-likeness (QED) is 0.684. The highest BCUT2D eigenvalue weighted by Gasteiger charge is 2.05. The summed E-state index contributed by atoms with van der Waals surface area (Å²) in [5.41, 5.74) is 0.779. The van der Waals surface area contributed by atoms with Gasteiger partial charge in [-0.25, -0.2) is 9.97 Å². The molecule has 0 aliphatic heterocycles. The molecule has 1 heterocycles. The number of benzene rings is 1. The molecular formula is C11H9Cl2N3O. The number of para-hydroxylation sites is 2. The summed E-state index contributed by atoms with van der Waals surface area (Å²) in [5.74, 6) is 1.22. The van der Waals surface area contributed by atoms with Crippen molar-refractivity contribution in [2.24, 2.45) is 0 Å². The molecule has 0 unspecified atom stereocenters. The molecule has 2 rings (SSSR count). The zero-order valence-electron chi connectivity index (χ0n) is 8.95. The van der Waals surface area contributed by atoms with Crippen LogP contribution in [0.4, 0.5) is 11.5 Å². The van der Waals surface area contributed by atoms with Crippen molar-refractivity contribution in [3.05, 3.63) is 40.8 Å². The minimum atomic E-state index is 0.0925. The van der Waals surface area contributed by atoms with Gasteiger partial charge in [-0.15, -0.1) is 0 Å². The van der Waals surface area contributed by atoms with Crippen LogP contribution in [0.15, 0.2) is 30.3 Å². The SMILES string of the molecule is COc1ccccc1Nc1cc(Cl)nc(Cl)n1.